The molecule has 0 bridgehead atoms. The Labute approximate surface area is 107 Å². The number of aliphatic hydroxyl groups is 1. The van der Waals surface area contributed by atoms with Crippen LogP contribution in [0.1, 0.15) is 37.2 Å². The van der Waals surface area contributed by atoms with E-state index in [9.17, 15) is 5.11 Å². The van der Waals surface area contributed by atoms with Crippen LogP contribution >= 0.6 is 0 Å². The van der Waals surface area contributed by atoms with Crippen molar-refractivity contribution in [2.45, 2.75) is 38.9 Å². The third kappa shape index (κ3) is 2.92. The first-order valence-electron chi connectivity index (χ1n) is 6.31. The largest absolute Gasteiger partial charge is 0.458 e. The first-order valence-corrected chi connectivity index (χ1v) is 6.31. The Kier molecular flexibility index (Phi) is 4.04. The number of furan rings is 1. The topological polar surface area (TPSA) is 42.6 Å². The molecule has 3 heteroatoms. The van der Waals surface area contributed by atoms with Gasteiger partial charge < -0.3 is 14.3 Å². The predicted molar refractivity (Wildman–Crippen MR) is 71.6 cm³/mol. The zero-order chi connectivity index (χ0) is 13.1. The van der Waals surface area contributed by atoms with Crippen molar-refractivity contribution in [1.82, 2.24) is 0 Å². The Bertz CT molecular complexity index is 515. The van der Waals surface area contributed by atoms with Gasteiger partial charge in [0.25, 0.3) is 0 Å². The summed E-state index contributed by atoms with van der Waals surface area (Å²) in [6.07, 6.45) is 1.06. The van der Waals surface area contributed by atoms with Crippen molar-refractivity contribution >= 4 is 11.0 Å². The van der Waals surface area contributed by atoms with Crippen molar-refractivity contribution in [3.63, 3.8) is 0 Å². The van der Waals surface area contributed by atoms with Gasteiger partial charge in [0.1, 0.15) is 17.4 Å². The quantitative estimate of drug-likeness (QED) is 0.879. The van der Waals surface area contributed by atoms with Crippen LogP contribution in [0.3, 0.4) is 0 Å². The highest BCUT2D eigenvalue weighted by Gasteiger charge is 2.14. The highest BCUT2D eigenvalue weighted by molar-refractivity contribution is 5.78. The first kappa shape index (κ1) is 13.1. The molecule has 0 aliphatic carbocycles. The van der Waals surface area contributed by atoms with Gasteiger partial charge in [0, 0.05) is 12.5 Å². The number of fused-ring (bicyclic) bond motifs is 1. The highest BCUT2D eigenvalue weighted by atomic mass is 16.5. The molecule has 18 heavy (non-hydrogen) atoms. The first-order chi connectivity index (χ1) is 8.60. The van der Waals surface area contributed by atoms with E-state index in [1.165, 1.54) is 5.56 Å². The molecule has 0 aliphatic rings. The molecule has 1 heterocycles. The van der Waals surface area contributed by atoms with Crippen molar-refractivity contribution in [3.05, 3.63) is 35.6 Å². The van der Waals surface area contributed by atoms with E-state index in [2.05, 4.69) is 6.07 Å². The predicted octanol–water partition coefficient (Wildman–Crippen LogP) is 3.59. The van der Waals surface area contributed by atoms with Gasteiger partial charge in [-0.15, -0.1) is 0 Å². The number of rotatable bonds is 5. The summed E-state index contributed by atoms with van der Waals surface area (Å²) in [5.41, 5.74) is 2.02. The van der Waals surface area contributed by atoms with E-state index in [4.69, 9.17) is 9.15 Å². The molecule has 2 rings (SSSR count). The van der Waals surface area contributed by atoms with Crippen LogP contribution in [0, 0.1) is 6.92 Å². The van der Waals surface area contributed by atoms with Crippen LogP contribution in [-0.2, 0) is 4.74 Å². The zero-order valence-electron chi connectivity index (χ0n) is 11.1. The molecule has 0 fully saturated rings. The van der Waals surface area contributed by atoms with E-state index >= 15 is 0 Å². The van der Waals surface area contributed by atoms with Crippen LogP contribution in [0.4, 0.5) is 0 Å². The smallest absolute Gasteiger partial charge is 0.134 e. The summed E-state index contributed by atoms with van der Waals surface area (Å²) < 4.78 is 10.8. The summed E-state index contributed by atoms with van der Waals surface area (Å²) in [6, 6.07) is 7.94. The Morgan fingerprint density at radius 2 is 2.06 bits per heavy atom. The molecule has 0 amide bonds. The number of aryl methyl sites for hydroxylation is 1. The molecule has 2 aromatic rings. The normalized spacial score (nSPS) is 14.9. The van der Waals surface area contributed by atoms with Crippen LogP contribution in [0.2, 0.25) is 0 Å². The zero-order valence-corrected chi connectivity index (χ0v) is 11.1. The molecule has 2 atom stereocenters. The molecule has 1 N–H and O–H groups in total. The minimum atomic E-state index is -0.560. The van der Waals surface area contributed by atoms with Gasteiger partial charge >= 0.3 is 0 Å². The summed E-state index contributed by atoms with van der Waals surface area (Å²) in [7, 11) is 1.68. The van der Waals surface area contributed by atoms with Gasteiger partial charge in [-0.25, -0.2) is 0 Å². The SMILES string of the molecule is COC(C)CCC(O)c1cc2cc(C)ccc2o1. The minimum Gasteiger partial charge on any atom is -0.458 e. The summed E-state index contributed by atoms with van der Waals surface area (Å²) >= 11 is 0. The molecule has 0 spiro atoms. The van der Waals surface area contributed by atoms with Gasteiger partial charge in [0.15, 0.2) is 0 Å². The summed E-state index contributed by atoms with van der Waals surface area (Å²) in [5.74, 6) is 0.638. The van der Waals surface area contributed by atoms with Crippen molar-refractivity contribution in [1.29, 1.82) is 0 Å². The maximum absolute atomic E-state index is 10.1. The lowest BCUT2D eigenvalue weighted by Crippen LogP contribution is -2.07. The fourth-order valence-electron chi connectivity index (χ4n) is 2.00. The number of ether oxygens (including phenoxy) is 1. The molecular formula is C15H20O3. The van der Waals surface area contributed by atoms with Crippen molar-refractivity contribution in [3.8, 4) is 0 Å². The van der Waals surface area contributed by atoms with Gasteiger partial charge in [-0.2, -0.15) is 0 Å². The summed E-state index contributed by atoms with van der Waals surface area (Å²) in [5, 5.41) is 11.1. The Balaban J connectivity index is 2.10. The van der Waals surface area contributed by atoms with Gasteiger partial charge in [-0.3, -0.25) is 0 Å². The molecule has 0 aliphatic heterocycles. The van der Waals surface area contributed by atoms with Crippen molar-refractivity contribution in [2.24, 2.45) is 0 Å². The van der Waals surface area contributed by atoms with Crippen LogP contribution in [0.5, 0.6) is 0 Å². The number of benzene rings is 1. The van der Waals surface area contributed by atoms with Gasteiger partial charge in [-0.1, -0.05) is 11.6 Å². The van der Waals surface area contributed by atoms with E-state index in [-0.39, 0.29) is 6.10 Å². The summed E-state index contributed by atoms with van der Waals surface area (Å²) in [4.78, 5) is 0. The number of hydrogen-bond donors (Lipinski definition) is 1. The Morgan fingerprint density at radius 1 is 1.28 bits per heavy atom. The van der Waals surface area contributed by atoms with E-state index < -0.39 is 6.10 Å². The van der Waals surface area contributed by atoms with Crippen LogP contribution in [0.15, 0.2) is 28.7 Å². The second-order valence-corrected chi connectivity index (χ2v) is 4.83. The summed E-state index contributed by atoms with van der Waals surface area (Å²) in [6.45, 7) is 4.04. The number of hydrogen-bond acceptors (Lipinski definition) is 3. The minimum absolute atomic E-state index is 0.159. The number of methoxy groups -OCH3 is 1. The fraction of sp³-hybridized carbons (Fsp3) is 0.467. The standard InChI is InChI=1S/C15H20O3/c1-10-4-7-14-12(8-10)9-15(18-14)13(16)6-5-11(2)17-3/h4,7-9,11,13,16H,5-6H2,1-3H3. The second-order valence-electron chi connectivity index (χ2n) is 4.83. The van der Waals surface area contributed by atoms with Crippen LogP contribution < -0.4 is 0 Å². The lowest BCUT2D eigenvalue weighted by molar-refractivity contribution is 0.0786. The average molecular weight is 248 g/mol. The average Bonchev–Trinajstić information content (AvgIpc) is 2.78. The van der Waals surface area contributed by atoms with E-state index in [0.29, 0.717) is 12.2 Å². The molecule has 1 aromatic carbocycles. The van der Waals surface area contributed by atoms with Gasteiger partial charge in [-0.05, 0) is 44.9 Å². The van der Waals surface area contributed by atoms with Crippen molar-refractivity contribution < 1.29 is 14.3 Å². The molecule has 0 radical (unpaired) electrons. The monoisotopic (exact) mass is 248 g/mol. The van der Waals surface area contributed by atoms with E-state index in [1.807, 2.05) is 32.0 Å². The fourth-order valence-corrected chi connectivity index (χ4v) is 2.00. The molecule has 0 saturated carbocycles. The van der Waals surface area contributed by atoms with E-state index in [1.54, 1.807) is 7.11 Å². The second kappa shape index (κ2) is 5.55. The van der Waals surface area contributed by atoms with Crippen LogP contribution in [-0.4, -0.2) is 18.3 Å². The highest BCUT2D eigenvalue weighted by Crippen LogP contribution is 2.27. The molecule has 98 valence electrons. The maximum atomic E-state index is 10.1. The van der Waals surface area contributed by atoms with E-state index in [0.717, 1.165) is 17.4 Å². The molecule has 2 unspecified atom stereocenters. The maximum Gasteiger partial charge on any atom is 0.134 e. The third-order valence-electron chi connectivity index (χ3n) is 3.27. The molecule has 1 aromatic heterocycles. The van der Waals surface area contributed by atoms with Crippen molar-refractivity contribution in [2.75, 3.05) is 7.11 Å². The number of aliphatic hydroxyl groups excluding tert-OH is 1. The van der Waals surface area contributed by atoms with Crippen LogP contribution in [0.25, 0.3) is 11.0 Å². The molecule has 0 saturated heterocycles. The van der Waals surface area contributed by atoms with Gasteiger partial charge in [0.2, 0.25) is 0 Å². The lowest BCUT2D eigenvalue weighted by Gasteiger charge is -2.11. The Hall–Kier alpha value is -1.32. The molecular weight excluding hydrogens is 228 g/mol. The third-order valence-corrected chi connectivity index (χ3v) is 3.27. The lowest BCUT2D eigenvalue weighted by atomic mass is 10.1. The van der Waals surface area contributed by atoms with Gasteiger partial charge in [0.05, 0.1) is 6.10 Å². The Morgan fingerprint density at radius 3 is 2.78 bits per heavy atom. The molecule has 3 nitrogen and oxygen atoms in total.